The number of hydrogen-bond donors (Lipinski definition) is 1. The molecular weight excluding hydrogens is 466 g/mol. The van der Waals surface area contributed by atoms with Crippen LogP contribution in [0.3, 0.4) is 0 Å². The van der Waals surface area contributed by atoms with Gasteiger partial charge in [0.25, 0.3) is 11.6 Å². The fourth-order valence-corrected chi connectivity index (χ4v) is 3.58. The van der Waals surface area contributed by atoms with E-state index < -0.39 is 4.92 Å². The van der Waals surface area contributed by atoms with Crippen molar-refractivity contribution in [3.05, 3.63) is 82.4 Å². The van der Waals surface area contributed by atoms with Gasteiger partial charge in [-0.2, -0.15) is 4.98 Å². The van der Waals surface area contributed by atoms with Crippen molar-refractivity contribution < 1.29 is 23.9 Å². The van der Waals surface area contributed by atoms with E-state index in [-0.39, 0.29) is 30.5 Å². The topological polar surface area (TPSA) is 131 Å². The number of anilines is 1. The van der Waals surface area contributed by atoms with Crippen LogP contribution in [0.2, 0.25) is 0 Å². The Balaban J connectivity index is 1.40. The number of rotatable bonds is 7. The van der Waals surface area contributed by atoms with Gasteiger partial charge in [-0.25, -0.2) is 4.68 Å². The Labute approximate surface area is 205 Å². The van der Waals surface area contributed by atoms with Crippen LogP contribution in [0.25, 0.3) is 17.1 Å². The van der Waals surface area contributed by atoms with Gasteiger partial charge in [-0.05, 0) is 68.4 Å². The van der Waals surface area contributed by atoms with E-state index in [1.807, 2.05) is 32.0 Å². The molecule has 11 nitrogen and oxygen atoms in total. The molecule has 0 bridgehead atoms. The average molecular weight is 487 g/mol. The lowest BCUT2D eigenvalue weighted by molar-refractivity contribution is -0.384. The Morgan fingerprint density at radius 1 is 1.06 bits per heavy atom. The fourth-order valence-electron chi connectivity index (χ4n) is 3.58. The third-order valence-corrected chi connectivity index (χ3v) is 5.27. The molecule has 0 spiro atoms. The molecule has 0 fully saturated rings. The molecule has 0 saturated heterocycles. The van der Waals surface area contributed by atoms with Gasteiger partial charge >= 0.3 is 6.01 Å². The molecule has 0 radical (unpaired) electrons. The predicted molar refractivity (Wildman–Crippen MR) is 130 cm³/mol. The van der Waals surface area contributed by atoms with Gasteiger partial charge in [0.1, 0.15) is 0 Å². The molecule has 2 heterocycles. The highest BCUT2D eigenvalue weighted by molar-refractivity contribution is 6.04. The summed E-state index contributed by atoms with van der Waals surface area (Å²) in [6.07, 6.45) is -0.109. The van der Waals surface area contributed by atoms with Crippen molar-refractivity contribution in [3.63, 3.8) is 0 Å². The van der Waals surface area contributed by atoms with Crippen molar-refractivity contribution >= 4 is 17.3 Å². The van der Waals surface area contributed by atoms with Gasteiger partial charge < -0.3 is 19.5 Å². The van der Waals surface area contributed by atoms with E-state index in [2.05, 4.69) is 15.4 Å². The Bertz CT molecular complexity index is 1430. The smallest absolute Gasteiger partial charge is 0.336 e. The van der Waals surface area contributed by atoms with Gasteiger partial charge in [0.2, 0.25) is 6.79 Å². The van der Waals surface area contributed by atoms with Crippen molar-refractivity contribution in [2.24, 2.45) is 0 Å². The molecule has 1 N–H and O–H groups in total. The Hall–Kier alpha value is -4.93. The Morgan fingerprint density at radius 2 is 1.78 bits per heavy atom. The maximum absolute atomic E-state index is 12.5. The molecule has 36 heavy (non-hydrogen) atoms. The number of benzene rings is 3. The van der Waals surface area contributed by atoms with E-state index in [4.69, 9.17) is 14.2 Å². The third-order valence-electron chi connectivity index (χ3n) is 5.27. The minimum absolute atomic E-state index is 0.0807. The first kappa shape index (κ1) is 22.8. The normalized spacial score (nSPS) is 12.0. The maximum atomic E-state index is 12.5. The number of nitrogens with zero attached hydrogens (tertiary/aromatic N) is 4. The van der Waals surface area contributed by atoms with Crippen LogP contribution in [-0.4, -0.2) is 38.5 Å². The van der Waals surface area contributed by atoms with Gasteiger partial charge in [0, 0.05) is 28.9 Å². The molecule has 11 heteroatoms. The third kappa shape index (κ3) is 4.67. The van der Waals surface area contributed by atoms with Crippen molar-refractivity contribution in [2.45, 2.75) is 20.0 Å². The average Bonchev–Trinajstić information content (AvgIpc) is 3.50. The Morgan fingerprint density at radius 3 is 2.47 bits per heavy atom. The minimum Gasteiger partial charge on any atom is -0.460 e. The van der Waals surface area contributed by atoms with Crippen LogP contribution in [0.4, 0.5) is 11.4 Å². The van der Waals surface area contributed by atoms with Gasteiger partial charge in [-0.15, -0.1) is 5.10 Å². The molecule has 0 atom stereocenters. The monoisotopic (exact) mass is 487 g/mol. The summed E-state index contributed by atoms with van der Waals surface area (Å²) in [4.78, 5) is 27.4. The lowest BCUT2D eigenvalue weighted by Gasteiger charge is -2.09. The summed E-state index contributed by atoms with van der Waals surface area (Å²) in [5.74, 6) is 1.45. The summed E-state index contributed by atoms with van der Waals surface area (Å²) in [7, 11) is 0. The summed E-state index contributed by atoms with van der Waals surface area (Å²) < 4.78 is 18.3. The summed E-state index contributed by atoms with van der Waals surface area (Å²) >= 11 is 0. The van der Waals surface area contributed by atoms with E-state index in [1.54, 1.807) is 28.9 Å². The first-order chi connectivity index (χ1) is 17.4. The molecule has 1 aliphatic rings. The molecule has 1 aliphatic heterocycles. The van der Waals surface area contributed by atoms with E-state index in [1.165, 1.54) is 24.3 Å². The molecular formula is C25H21N5O6. The number of nitro groups is 1. The molecule has 0 unspecified atom stereocenters. The van der Waals surface area contributed by atoms with Crippen molar-refractivity contribution in [3.8, 4) is 34.6 Å². The number of non-ortho nitro benzene ring substituents is 1. The largest absolute Gasteiger partial charge is 0.460 e. The molecule has 0 aliphatic carbocycles. The van der Waals surface area contributed by atoms with E-state index >= 15 is 0 Å². The highest BCUT2D eigenvalue weighted by Gasteiger charge is 2.20. The van der Waals surface area contributed by atoms with Crippen LogP contribution in [0.15, 0.2) is 66.7 Å². The second-order valence-electron chi connectivity index (χ2n) is 8.17. The molecule has 0 saturated carbocycles. The van der Waals surface area contributed by atoms with Gasteiger partial charge in [0.05, 0.1) is 16.7 Å². The van der Waals surface area contributed by atoms with Crippen LogP contribution >= 0.6 is 0 Å². The van der Waals surface area contributed by atoms with Gasteiger partial charge in [-0.1, -0.05) is 0 Å². The Kier molecular flexibility index (Phi) is 5.95. The molecule has 4 aromatic rings. The quantitative estimate of drug-likeness (QED) is 0.295. The second kappa shape index (κ2) is 9.37. The van der Waals surface area contributed by atoms with Crippen LogP contribution in [0, 0.1) is 10.1 Å². The van der Waals surface area contributed by atoms with Crippen LogP contribution in [0.5, 0.6) is 17.5 Å². The number of hydrogen-bond acceptors (Lipinski definition) is 8. The van der Waals surface area contributed by atoms with Crippen molar-refractivity contribution in [1.29, 1.82) is 0 Å². The number of aromatic nitrogens is 3. The lowest BCUT2D eigenvalue weighted by atomic mass is 10.1. The van der Waals surface area contributed by atoms with Gasteiger partial charge in [-0.3, -0.25) is 14.9 Å². The SMILES string of the molecule is CC(C)Oc1nc(-c2ccc3c(c2)OCO3)n(-c2ccc(NC(=O)c3ccc([N+](=O)[O-])cc3)cc2)n1. The number of nitrogens with one attached hydrogen (secondary N) is 1. The van der Waals surface area contributed by atoms with Crippen LogP contribution in [-0.2, 0) is 0 Å². The number of nitro benzene ring substituents is 1. The van der Waals surface area contributed by atoms with E-state index in [9.17, 15) is 14.9 Å². The van der Waals surface area contributed by atoms with Crippen molar-refractivity contribution in [1.82, 2.24) is 14.8 Å². The maximum Gasteiger partial charge on any atom is 0.336 e. The number of carbonyl (C=O) groups excluding carboxylic acids is 1. The summed E-state index contributed by atoms with van der Waals surface area (Å²) in [5.41, 5.74) is 2.23. The highest BCUT2D eigenvalue weighted by atomic mass is 16.7. The first-order valence-electron chi connectivity index (χ1n) is 11.1. The first-order valence-corrected chi connectivity index (χ1v) is 11.1. The summed E-state index contributed by atoms with van der Waals surface area (Å²) in [6, 6.07) is 18.2. The molecule has 1 aromatic heterocycles. The molecule has 5 rings (SSSR count). The van der Waals surface area contributed by atoms with E-state index in [0.717, 1.165) is 5.56 Å². The zero-order chi connectivity index (χ0) is 25.2. The van der Waals surface area contributed by atoms with Crippen LogP contribution in [0.1, 0.15) is 24.2 Å². The predicted octanol–water partition coefficient (Wildman–Crippen LogP) is 4.61. The number of fused-ring (bicyclic) bond motifs is 1. The molecule has 1 amide bonds. The van der Waals surface area contributed by atoms with Crippen molar-refractivity contribution in [2.75, 3.05) is 12.1 Å². The van der Waals surface area contributed by atoms with E-state index in [0.29, 0.717) is 34.3 Å². The fraction of sp³-hybridized carbons (Fsp3) is 0.160. The highest BCUT2D eigenvalue weighted by Crippen LogP contribution is 2.36. The lowest BCUT2D eigenvalue weighted by Crippen LogP contribution is -2.12. The second-order valence-corrected chi connectivity index (χ2v) is 8.17. The zero-order valence-electron chi connectivity index (χ0n) is 19.4. The zero-order valence-corrected chi connectivity index (χ0v) is 19.4. The van der Waals surface area contributed by atoms with Gasteiger partial charge in [0.15, 0.2) is 17.3 Å². The standard InChI is InChI=1S/C25H21N5O6/c1-15(2)36-25-27-23(17-5-12-21-22(13-17)35-14-34-21)29(28-25)19-10-6-18(7-11-19)26-24(31)16-3-8-20(9-4-16)30(32)33/h3-13,15H,14H2,1-2H3,(H,26,31). The number of carbonyl (C=O) groups is 1. The summed E-state index contributed by atoms with van der Waals surface area (Å²) in [5, 5.41) is 18.1. The van der Waals surface area contributed by atoms with Crippen LogP contribution < -0.4 is 19.5 Å². The summed E-state index contributed by atoms with van der Waals surface area (Å²) in [6.45, 7) is 3.95. The minimum atomic E-state index is -0.514. The number of ether oxygens (including phenoxy) is 3. The molecule has 3 aromatic carbocycles. The molecule has 182 valence electrons. The number of amides is 1.